The van der Waals surface area contributed by atoms with Crippen LogP contribution in [0.25, 0.3) is 0 Å². The Morgan fingerprint density at radius 3 is 2.31 bits per heavy atom. The molecule has 1 N–H and O–H groups in total. The highest BCUT2D eigenvalue weighted by Crippen LogP contribution is 2.27. The lowest BCUT2D eigenvalue weighted by Crippen LogP contribution is -2.51. The highest BCUT2D eigenvalue weighted by atomic mass is 35.5. The van der Waals surface area contributed by atoms with E-state index in [9.17, 15) is 18.0 Å². The van der Waals surface area contributed by atoms with Gasteiger partial charge in [-0.3, -0.25) is 13.9 Å². The minimum Gasteiger partial charge on any atom is -0.354 e. The lowest BCUT2D eigenvalue weighted by Gasteiger charge is -2.32. The van der Waals surface area contributed by atoms with Gasteiger partial charge in [0.2, 0.25) is 11.8 Å². The molecule has 0 aliphatic carbocycles. The van der Waals surface area contributed by atoms with Crippen LogP contribution in [0.15, 0.2) is 77.7 Å². The second kappa shape index (κ2) is 13.8. The number of benzene rings is 3. The second-order valence-corrected chi connectivity index (χ2v) is 11.9. The van der Waals surface area contributed by atoms with Crippen LogP contribution in [0.2, 0.25) is 10.0 Å². The molecular weight excluding hydrogens is 557 g/mol. The van der Waals surface area contributed by atoms with Crippen LogP contribution in [0.3, 0.4) is 0 Å². The molecule has 3 rings (SSSR count). The minimum absolute atomic E-state index is 0.0227. The largest absolute Gasteiger partial charge is 0.354 e. The molecule has 1 atom stereocenters. The van der Waals surface area contributed by atoms with Crippen molar-refractivity contribution < 1.29 is 18.0 Å². The number of carbonyl (C=O) groups is 2. The Kier molecular flexibility index (Phi) is 10.8. The maximum Gasteiger partial charge on any atom is 0.264 e. The van der Waals surface area contributed by atoms with E-state index >= 15 is 0 Å². The van der Waals surface area contributed by atoms with Crippen molar-refractivity contribution in [3.63, 3.8) is 0 Å². The number of anilines is 1. The molecule has 10 heteroatoms. The van der Waals surface area contributed by atoms with Crippen molar-refractivity contribution in [2.45, 2.75) is 51.1 Å². The Hall–Kier alpha value is -3.07. The number of rotatable bonds is 12. The van der Waals surface area contributed by atoms with Crippen LogP contribution in [0.1, 0.15) is 37.8 Å². The monoisotopic (exact) mass is 589 g/mol. The van der Waals surface area contributed by atoms with Gasteiger partial charge in [-0.25, -0.2) is 8.42 Å². The molecule has 3 aromatic rings. The number of nitrogens with zero attached hydrogens (tertiary/aromatic N) is 2. The fourth-order valence-corrected chi connectivity index (χ4v) is 5.71. The van der Waals surface area contributed by atoms with Crippen molar-refractivity contribution in [1.82, 2.24) is 10.2 Å². The summed E-state index contributed by atoms with van der Waals surface area (Å²) in [6.07, 6.45) is 1.71. The van der Waals surface area contributed by atoms with Gasteiger partial charge < -0.3 is 10.2 Å². The number of carbonyl (C=O) groups excluding carboxylic acids is 2. The SMILES string of the molecule is CCCCNC(=O)[C@@H](C)N(Cc1ccccc1Cl)C(=O)CN(c1cccc(Cl)c1)S(=O)(=O)c1ccc(C)cc1. The van der Waals surface area contributed by atoms with Crippen LogP contribution in [-0.4, -0.2) is 44.3 Å². The van der Waals surface area contributed by atoms with Crippen molar-refractivity contribution in [2.24, 2.45) is 0 Å². The molecule has 3 aromatic carbocycles. The molecule has 0 spiro atoms. The molecule has 0 radical (unpaired) electrons. The normalized spacial score (nSPS) is 12.0. The van der Waals surface area contributed by atoms with Crippen molar-refractivity contribution in [3.05, 3.63) is 94.0 Å². The molecule has 0 fully saturated rings. The number of nitrogens with one attached hydrogen (secondary N) is 1. The predicted molar refractivity (Wildman–Crippen MR) is 157 cm³/mol. The fraction of sp³-hybridized carbons (Fsp3) is 0.310. The first-order valence-corrected chi connectivity index (χ1v) is 14.9. The number of aryl methyl sites for hydroxylation is 1. The van der Waals surface area contributed by atoms with E-state index in [4.69, 9.17) is 23.2 Å². The van der Waals surface area contributed by atoms with Gasteiger partial charge >= 0.3 is 0 Å². The van der Waals surface area contributed by atoms with E-state index in [2.05, 4.69) is 5.32 Å². The topological polar surface area (TPSA) is 86.8 Å². The fourth-order valence-electron chi connectivity index (χ4n) is 3.93. The third-order valence-electron chi connectivity index (χ3n) is 6.28. The maximum atomic E-state index is 13.9. The van der Waals surface area contributed by atoms with Crippen molar-refractivity contribution >= 4 is 50.7 Å². The van der Waals surface area contributed by atoms with Crippen LogP contribution in [0, 0.1) is 6.92 Å². The van der Waals surface area contributed by atoms with E-state index in [-0.39, 0.29) is 23.0 Å². The minimum atomic E-state index is -4.16. The first-order valence-electron chi connectivity index (χ1n) is 12.7. The molecule has 0 saturated carbocycles. The molecule has 0 heterocycles. The van der Waals surface area contributed by atoms with Gasteiger partial charge in [-0.1, -0.05) is 78.5 Å². The van der Waals surface area contributed by atoms with E-state index in [0.717, 1.165) is 22.7 Å². The van der Waals surface area contributed by atoms with Gasteiger partial charge in [-0.2, -0.15) is 0 Å². The molecule has 7 nitrogen and oxygen atoms in total. The van der Waals surface area contributed by atoms with Crippen LogP contribution >= 0.6 is 23.2 Å². The first kappa shape index (κ1) is 30.5. The smallest absolute Gasteiger partial charge is 0.264 e. The molecule has 2 amide bonds. The summed E-state index contributed by atoms with van der Waals surface area (Å²) in [7, 11) is -4.16. The Morgan fingerprint density at radius 1 is 0.974 bits per heavy atom. The van der Waals surface area contributed by atoms with Gasteiger partial charge in [-0.05, 0) is 62.2 Å². The lowest BCUT2D eigenvalue weighted by atomic mass is 10.1. The van der Waals surface area contributed by atoms with Crippen LogP contribution in [0.5, 0.6) is 0 Å². The van der Waals surface area contributed by atoms with Crippen LogP contribution in [0.4, 0.5) is 5.69 Å². The molecule has 0 aliphatic rings. The molecule has 0 saturated heterocycles. The summed E-state index contributed by atoms with van der Waals surface area (Å²) in [6.45, 7) is 5.44. The first-order chi connectivity index (χ1) is 18.5. The Labute approximate surface area is 240 Å². The molecule has 208 valence electrons. The maximum absolute atomic E-state index is 13.9. The zero-order valence-electron chi connectivity index (χ0n) is 22.2. The zero-order valence-corrected chi connectivity index (χ0v) is 24.6. The van der Waals surface area contributed by atoms with Gasteiger partial charge in [0.05, 0.1) is 10.6 Å². The molecule has 0 unspecified atom stereocenters. The van der Waals surface area contributed by atoms with Crippen LogP contribution in [-0.2, 0) is 26.2 Å². The van der Waals surface area contributed by atoms with Crippen molar-refractivity contribution in [1.29, 1.82) is 0 Å². The average Bonchev–Trinajstić information content (AvgIpc) is 2.91. The number of sulfonamides is 1. The van der Waals surface area contributed by atoms with Gasteiger partial charge in [0.25, 0.3) is 10.0 Å². The van der Waals surface area contributed by atoms with E-state index in [1.165, 1.54) is 23.1 Å². The Bertz CT molecular complexity index is 1400. The summed E-state index contributed by atoms with van der Waals surface area (Å²) in [5.41, 5.74) is 1.76. The third kappa shape index (κ3) is 7.97. The average molecular weight is 591 g/mol. The molecule has 0 aliphatic heterocycles. The second-order valence-electron chi connectivity index (χ2n) is 9.24. The molecular formula is C29H33Cl2N3O4S. The summed E-state index contributed by atoms with van der Waals surface area (Å²) < 4.78 is 28.7. The van der Waals surface area contributed by atoms with Gasteiger partial charge in [0.1, 0.15) is 12.6 Å². The van der Waals surface area contributed by atoms with Crippen molar-refractivity contribution in [3.8, 4) is 0 Å². The molecule has 39 heavy (non-hydrogen) atoms. The summed E-state index contributed by atoms with van der Waals surface area (Å²) in [4.78, 5) is 28.3. The van der Waals surface area contributed by atoms with Gasteiger partial charge in [0, 0.05) is 23.1 Å². The predicted octanol–water partition coefficient (Wildman–Crippen LogP) is 5.83. The van der Waals surface area contributed by atoms with E-state index < -0.39 is 28.5 Å². The Balaban J connectivity index is 2.01. The number of hydrogen-bond acceptors (Lipinski definition) is 4. The number of halogens is 2. The molecule has 0 bridgehead atoms. The van der Waals surface area contributed by atoms with Gasteiger partial charge in [-0.15, -0.1) is 0 Å². The zero-order chi connectivity index (χ0) is 28.6. The third-order valence-corrected chi connectivity index (χ3v) is 8.67. The quantitative estimate of drug-likeness (QED) is 0.269. The van der Waals surface area contributed by atoms with E-state index in [1.54, 1.807) is 61.5 Å². The number of unbranched alkanes of at least 4 members (excludes halogenated alkanes) is 1. The van der Waals surface area contributed by atoms with Crippen LogP contribution < -0.4 is 9.62 Å². The highest BCUT2D eigenvalue weighted by Gasteiger charge is 2.32. The van der Waals surface area contributed by atoms with E-state index in [0.29, 0.717) is 22.2 Å². The number of hydrogen-bond donors (Lipinski definition) is 1. The molecule has 0 aromatic heterocycles. The standard InChI is InChI=1S/C29H33Cl2N3O4S/c1-4-5-17-32-29(36)22(3)33(19-23-9-6-7-12-27(23)31)28(35)20-34(25-11-8-10-24(30)18-25)39(37,38)26-15-13-21(2)14-16-26/h6-16,18,22H,4-5,17,19-20H2,1-3H3,(H,32,36)/t22-/m1/s1. The Morgan fingerprint density at radius 2 is 1.67 bits per heavy atom. The van der Waals surface area contributed by atoms with Gasteiger partial charge in [0.15, 0.2) is 0 Å². The lowest BCUT2D eigenvalue weighted by molar-refractivity contribution is -0.139. The summed E-state index contributed by atoms with van der Waals surface area (Å²) in [5, 5.41) is 3.62. The summed E-state index contributed by atoms with van der Waals surface area (Å²) >= 11 is 12.6. The summed E-state index contributed by atoms with van der Waals surface area (Å²) in [5.74, 6) is -0.900. The number of amides is 2. The summed E-state index contributed by atoms with van der Waals surface area (Å²) in [6, 6.07) is 18.8. The van der Waals surface area contributed by atoms with E-state index in [1.807, 2.05) is 13.8 Å². The van der Waals surface area contributed by atoms with Crippen molar-refractivity contribution in [2.75, 3.05) is 17.4 Å². The highest BCUT2D eigenvalue weighted by molar-refractivity contribution is 7.92.